The summed E-state index contributed by atoms with van der Waals surface area (Å²) in [5.74, 6) is -0.191. The number of nitrogens with zero attached hydrogens (tertiary/aromatic N) is 2. The van der Waals surface area contributed by atoms with Crippen LogP contribution in [0.3, 0.4) is 0 Å². The lowest BCUT2D eigenvalue weighted by atomic mass is 9.72. The Bertz CT molecular complexity index is 1050. The number of carbonyl (C=O) groups excluding carboxylic acids is 2. The molecule has 0 radical (unpaired) electrons. The summed E-state index contributed by atoms with van der Waals surface area (Å²) in [6.45, 7) is 5.87. The lowest BCUT2D eigenvalue weighted by molar-refractivity contribution is -0.148. The minimum Gasteiger partial charge on any atom is -0.381 e. The first-order valence-electron chi connectivity index (χ1n) is 12.0. The van der Waals surface area contributed by atoms with Crippen molar-refractivity contribution in [2.75, 3.05) is 39.4 Å². The molecule has 2 fully saturated rings. The molecule has 5 nitrogen and oxygen atoms in total. The number of amides is 2. The number of hydrogen-bond acceptors (Lipinski definition) is 3. The van der Waals surface area contributed by atoms with Gasteiger partial charge in [-0.1, -0.05) is 48.5 Å². The van der Waals surface area contributed by atoms with E-state index in [2.05, 4.69) is 0 Å². The second kappa shape index (κ2) is 9.64. The Morgan fingerprint density at radius 1 is 0.829 bits per heavy atom. The number of ether oxygens (including phenoxy) is 1. The molecular formula is C27H31F3N2O3. The zero-order chi connectivity index (χ0) is 25.3. The summed E-state index contributed by atoms with van der Waals surface area (Å²) in [6, 6.07) is 14.7. The summed E-state index contributed by atoms with van der Waals surface area (Å²) in [5, 5.41) is 0. The van der Waals surface area contributed by atoms with Crippen molar-refractivity contribution < 1.29 is 27.5 Å². The number of piperazine rings is 1. The van der Waals surface area contributed by atoms with Crippen LogP contribution in [0.15, 0.2) is 54.6 Å². The normalized spacial score (nSPS) is 18.9. The molecule has 2 saturated heterocycles. The third kappa shape index (κ3) is 4.94. The fourth-order valence-corrected chi connectivity index (χ4v) is 5.13. The van der Waals surface area contributed by atoms with E-state index in [1.54, 1.807) is 15.9 Å². The highest BCUT2D eigenvalue weighted by molar-refractivity contribution is 5.90. The number of carbonyl (C=O) groups is 2. The maximum Gasteiger partial charge on any atom is 0.416 e. The molecule has 0 saturated carbocycles. The topological polar surface area (TPSA) is 49.9 Å². The van der Waals surface area contributed by atoms with Gasteiger partial charge in [0.25, 0.3) is 0 Å². The first-order valence-corrected chi connectivity index (χ1v) is 12.0. The maximum absolute atomic E-state index is 13.8. The summed E-state index contributed by atoms with van der Waals surface area (Å²) in [5.41, 5.74) is -1.21. The molecule has 0 spiro atoms. The standard InChI is InChI=1S/C27H31F3N2O3/c1-25(2,20-7-4-3-5-8-20)23(33)31-13-15-32(16-14-31)24(34)26(11-17-35-18-12-26)21-9-6-10-22(19-21)27(28,29)30/h3-10,19H,11-18H2,1-2H3. The van der Waals surface area contributed by atoms with Gasteiger partial charge in [-0.25, -0.2) is 0 Å². The van der Waals surface area contributed by atoms with Gasteiger partial charge in [0, 0.05) is 39.4 Å². The smallest absolute Gasteiger partial charge is 0.381 e. The molecule has 0 aliphatic carbocycles. The first kappa shape index (κ1) is 25.2. The molecule has 0 unspecified atom stereocenters. The predicted molar refractivity (Wildman–Crippen MR) is 126 cm³/mol. The summed E-state index contributed by atoms with van der Waals surface area (Å²) in [7, 11) is 0. The van der Waals surface area contributed by atoms with Crippen LogP contribution in [0.5, 0.6) is 0 Å². The highest BCUT2D eigenvalue weighted by Gasteiger charge is 2.46. The Hall–Kier alpha value is -2.87. The summed E-state index contributed by atoms with van der Waals surface area (Å²) in [4.78, 5) is 30.6. The van der Waals surface area contributed by atoms with Gasteiger partial charge < -0.3 is 14.5 Å². The average Bonchev–Trinajstić information content (AvgIpc) is 2.88. The molecule has 0 bridgehead atoms. The molecule has 2 aromatic carbocycles. The number of rotatable bonds is 4. The Labute approximate surface area is 203 Å². The molecule has 188 valence electrons. The van der Waals surface area contributed by atoms with Gasteiger partial charge >= 0.3 is 6.18 Å². The van der Waals surface area contributed by atoms with Crippen molar-refractivity contribution in [2.45, 2.75) is 43.7 Å². The molecule has 0 N–H and O–H groups in total. The zero-order valence-electron chi connectivity index (χ0n) is 20.1. The van der Waals surface area contributed by atoms with Crippen LogP contribution in [0.2, 0.25) is 0 Å². The monoisotopic (exact) mass is 488 g/mol. The molecule has 0 atom stereocenters. The Balaban J connectivity index is 1.51. The molecule has 2 amide bonds. The van der Waals surface area contributed by atoms with Gasteiger partial charge in [-0.2, -0.15) is 13.2 Å². The molecule has 4 rings (SSSR count). The van der Waals surface area contributed by atoms with Crippen LogP contribution in [-0.4, -0.2) is 61.0 Å². The van der Waals surface area contributed by atoms with E-state index in [0.717, 1.165) is 17.7 Å². The number of benzene rings is 2. The van der Waals surface area contributed by atoms with Gasteiger partial charge in [0.2, 0.25) is 11.8 Å². The van der Waals surface area contributed by atoms with Crippen LogP contribution in [-0.2, 0) is 31.3 Å². The third-order valence-electron chi connectivity index (χ3n) is 7.38. The minimum absolute atomic E-state index is 0.00513. The van der Waals surface area contributed by atoms with Gasteiger partial charge in [0.1, 0.15) is 0 Å². The van der Waals surface area contributed by atoms with E-state index in [9.17, 15) is 22.8 Å². The van der Waals surface area contributed by atoms with Crippen molar-refractivity contribution in [1.82, 2.24) is 9.80 Å². The van der Waals surface area contributed by atoms with Crippen molar-refractivity contribution in [2.24, 2.45) is 0 Å². The Morgan fingerprint density at radius 3 is 2.00 bits per heavy atom. The fourth-order valence-electron chi connectivity index (χ4n) is 5.13. The van der Waals surface area contributed by atoms with Gasteiger partial charge in [-0.05, 0) is 43.9 Å². The first-order chi connectivity index (χ1) is 16.6. The van der Waals surface area contributed by atoms with Crippen molar-refractivity contribution in [3.8, 4) is 0 Å². The van der Waals surface area contributed by atoms with Crippen molar-refractivity contribution in [1.29, 1.82) is 0 Å². The van der Waals surface area contributed by atoms with Gasteiger partial charge in [-0.15, -0.1) is 0 Å². The number of halogens is 3. The van der Waals surface area contributed by atoms with E-state index in [-0.39, 0.29) is 11.8 Å². The second-order valence-electron chi connectivity index (χ2n) is 9.85. The van der Waals surface area contributed by atoms with Crippen LogP contribution in [0, 0.1) is 0 Å². The van der Waals surface area contributed by atoms with Crippen LogP contribution < -0.4 is 0 Å². The third-order valence-corrected chi connectivity index (χ3v) is 7.38. The van der Waals surface area contributed by atoms with E-state index in [0.29, 0.717) is 57.8 Å². The van der Waals surface area contributed by atoms with Crippen LogP contribution in [0.4, 0.5) is 13.2 Å². The summed E-state index contributed by atoms with van der Waals surface area (Å²) in [6.07, 6.45) is -3.83. The van der Waals surface area contributed by atoms with E-state index in [1.165, 1.54) is 6.07 Å². The minimum atomic E-state index is -4.48. The van der Waals surface area contributed by atoms with Crippen molar-refractivity contribution in [3.05, 3.63) is 71.3 Å². The Kier molecular flexibility index (Phi) is 6.95. The molecule has 35 heavy (non-hydrogen) atoms. The highest BCUT2D eigenvalue weighted by atomic mass is 19.4. The molecule has 2 aromatic rings. The Morgan fingerprint density at radius 2 is 1.40 bits per heavy atom. The largest absolute Gasteiger partial charge is 0.416 e. The lowest BCUT2D eigenvalue weighted by Gasteiger charge is -2.44. The van der Waals surface area contributed by atoms with E-state index < -0.39 is 22.6 Å². The molecular weight excluding hydrogens is 457 g/mol. The number of hydrogen-bond donors (Lipinski definition) is 0. The fraction of sp³-hybridized carbons (Fsp3) is 0.481. The average molecular weight is 489 g/mol. The van der Waals surface area contributed by atoms with Crippen molar-refractivity contribution in [3.63, 3.8) is 0 Å². The summed E-state index contributed by atoms with van der Waals surface area (Å²) >= 11 is 0. The quantitative estimate of drug-likeness (QED) is 0.641. The van der Waals surface area contributed by atoms with E-state index in [1.807, 2.05) is 44.2 Å². The van der Waals surface area contributed by atoms with Crippen LogP contribution in [0.1, 0.15) is 43.4 Å². The SMILES string of the molecule is CC(C)(C(=O)N1CCN(C(=O)C2(c3cccc(C(F)(F)F)c3)CCOCC2)CC1)c1ccccc1. The molecule has 2 heterocycles. The molecule has 2 aliphatic heterocycles. The zero-order valence-corrected chi connectivity index (χ0v) is 20.1. The van der Waals surface area contributed by atoms with Crippen molar-refractivity contribution >= 4 is 11.8 Å². The molecule has 2 aliphatic rings. The number of alkyl halides is 3. The van der Waals surface area contributed by atoms with Gasteiger partial charge in [0.15, 0.2) is 0 Å². The summed E-state index contributed by atoms with van der Waals surface area (Å²) < 4.78 is 45.7. The maximum atomic E-state index is 13.8. The van der Waals surface area contributed by atoms with E-state index >= 15 is 0 Å². The van der Waals surface area contributed by atoms with E-state index in [4.69, 9.17) is 4.74 Å². The second-order valence-corrected chi connectivity index (χ2v) is 9.85. The lowest BCUT2D eigenvalue weighted by Crippen LogP contribution is -2.58. The predicted octanol–water partition coefficient (Wildman–Crippen LogP) is 4.40. The highest BCUT2D eigenvalue weighted by Crippen LogP contribution is 2.40. The van der Waals surface area contributed by atoms with Crippen LogP contribution in [0.25, 0.3) is 0 Å². The molecule has 8 heteroatoms. The molecule has 0 aromatic heterocycles. The van der Waals surface area contributed by atoms with Gasteiger partial charge in [0.05, 0.1) is 16.4 Å². The van der Waals surface area contributed by atoms with Crippen LogP contribution >= 0.6 is 0 Å². The van der Waals surface area contributed by atoms with Gasteiger partial charge in [-0.3, -0.25) is 9.59 Å².